The average molecular weight is 451 g/mol. The number of fused-ring (bicyclic) bond motifs is 1. The maximum absolute atomic E-state index is 12.0. The number of ether oxygens (including phenoxy) is 4. The van der Waals surface area contributed by atoms with Crippen LogP contribution in [0.2, 0.25) is 5.02 Å². The molecule has 0 spiro atoms. The van der Waals surface area contributed by atoms with Crippen LogP contribution in [0.3, 0.4) is 0 Å². The van der Waals surface area contributed by atoms with Gasteiger partial charge in [0.15, 0.2) is 11.5 Å². The predicted molar refractivity (Wildman–Crippen MR) is 122 cm³/mol. The van der Waals surface area contributed by atoms with E-state index in [2.05, 4.69) is 13.8 Å². The highest BCUT2D eigenvalue weighted by molar-refractivity contribution is 6.36. The molecule has 0 aliphatic heterocycles. The van der Waals surface area contributed by atoms with E-state index >= 15 is 0 Å². The van der Waals surface area contributed by atoms with Crippen molar-refractivity contribution in [2.45, 2.75) is 79.4 Å². The summed E-state index contributed by atoms with van der Waals surface area (Å²) in [6, 6.07) is 5.14. The fourth-order valence-electron chi connectivity index (χ4n) is 3.42. The molecule has 2 aromatic rings. The van der Waals surface area contributed by atoms with E-state index in [1.807, 2.05) is 13.8 Å². The van der Waals surface area contributed by atoms with Crippen LogP contribution >= 0.6 is 11.6 Å². The first-order valence-corrected chi connectivity index (χ1v) is 11.1. The lowest BCUT2D eigenvalue weighted by atomic mass is 10.1. The third kappa shape index (κ3) is 6.26. The average Bonchev–Trinajstić information content (AvgIpc) is 2.66. The summed E-state index contributed by atoms with van der Waals surface area (Å²) in [5.41, 5.74) is 0. The minimum atomic E-state index is -0.526. The van der Waals surface area contributed by atoms with Crippen LogP contribution in [-0.4, -0.2) is 24.1 Å². The molecule has 2 unspecified atom stereocenters. The van der Waals surface area contributed by atoms with Gasteiger partial charge in [0.2, 0.25) is 11.5 Å². The molecule has 0 heterocycles. The minimum absolute atomic E-state index is 0.158. The highest BCUT2D eigenvalue weighted by atomic mass is 35.5. The summed E-state index contributed by atoms with van der Waals surface area (Å²) in [7, 11) is 0. The standard InChI is InChI=1S/C24H31ClO6/c1-7-10-14(3)28-23-21(30-16(5)26)18-12-9-13-19(25)20(18)22(31-17(6)27)24(23)29-15(4)11-8-2/h9,12-15H,7-8,10-11H2,1-6H3. The van der Waals surface area contributed by atoms with E-state index in [0.29, 0.717) is 15.8 Å². The van der Waals surface area contributed by atoms with Crippen molar-refractivity contribution in [2.24, 2.45) is 0 Å². The zero-order valence-electron chi connectivity index (χ0n) is 19.0. The largest absolute Gasteiger partial charge is 0.483 e. The summed E-state index contributed by atoms with van der Waals surface area (Å²) in [4.78, 5) is 24.0. The summed E-state index contributed by atoms with van der Waals surface area (Å²) in [5.74, 6) is -0.252. The molecule has 2 aromatic carbocycles. The summed E-state index contributed by atoms with van der Waals surface area (Å²) in [6.07, 6.45) is 2.96. The summed E-state index contributed by atoms with van der Waals surface area (Å²) in [5, 5.41) is 1.25. The quantitative estimate of drug-likeness (QED) is 0.305. The van der Waals surface area contributed by atoms with Crippen molar-refractivity contribution < 1.29 is 28.5 Å². The van der Waals surface area contributed by atoms with E-state index in [4.69, 9.17) is 30.5 Å². The summed E-state index contributed by atoms with van der Waals surface area (Å²) < 4.78 is 23.6. The first kappa shape index (κ1) is 24.8. The zero-order valence-corrected chi connectivity index (χ0v) is 19.8. The molecule has 0 fully saturated rings. The number of benzene rings is 2. The molecule has 0 aliphatic rings. The van der Waals surface area contributed by atoms with Crippen molar-refractivity contribution in [3.8, 4) is 23.0 Å². The number of carbonyl (C=O) groups excluding carboxylic acids is 2. The zero-order chi connectivity index (χ0) is 23.1. The molecule has 0 N–H and O–H groups in total. The van der Waals surface area contributed by atoms with Crippen molar-refractivity contribution in [2.75, 3.05) is 0 Å². The summed E-state index contributed by atoms with van der Waals surface area (Å²) in [6.45, 7) is 10.6. The van der Waals surface area contributed by atoms with Crippen LogP contribution in [-0.2, 0) is 9.59 Å². The second-order valence-corrected chi connectivity index (χ2v) is 8.01. The minimum Gasteiger partial charge on any atom is -0.483 e. The summed E-state index contributed by atoms with van der Waals surface area (Å²) >= 11 is 6.50. The molecule has 0 saturated heterocycles. The van der Waals surface area contributed by atoms with E-state index in [1.165, 1.54) is 13.8 Å². The molecule has 0 amide bonds. The lowest BCUT2D eigenvalue weighted by Crippen LogP contribution is -2.18. The van der Waals surface area contributed by atoms with Crippen molar-refractivity contribution in [3.05, 3.63) is 23.2 Å². The van der Waals surface area contributed by atoms with E-state index in [-0.39, 0.29) is 35.2 Å². The first-order chi connectivity index (χ1) is 14.7. The normalized spacial score (nSPS) is 12.9. The number of carbonyl (C=O) groups is 2. The van der Waals surface area contributed by atoms with E-state index in [0.717, 1.165) is 25.7 Å². The lowest BCUT2D eigenvalue weighted by molar-refractivity contribution is -0.133. The Morgan fingerprint density at radius 2 is 1.32 bits per heavy atom. The van der Waals surface area contributed by atoms with Gasteiger partial charge in [-0.1, -0.05) is 50.4 Å². The highest BCUT2D eigenvalue weighted by Crippen LogP contribution is 2.54. The number of rotatable bonds is 10. The number of hydrogen-bond donors (Lipinski definition) is 0. The van der Waals surface area contributed by atoms with E-state index in [9.17, 15) is 9.59 Å². The molecule has 0 bridgehead atoms. The lowest BCUT2D eigenvalue weighted by Gasteiger charge is -2.25. The second-order valence-electron chi connectivity index (χ2n) is 7.60. The number of hydrogen-bond acceptors (Lipinski definition) is 6. The van der Waals surface area contributed by atoms with Gasteiger partial charge in [0.25, 0.3) is 0 Å². The Morgan fingerprint density at radius 3 is 1.81 bits per heavy atom. The van der Waals surface area contributed by atoms with Gasteiger partial charge in [0.1, 0.15) is 0 Å². The molecule has 0 saturated carbocycles. The SMILES string of the molecule is CCCC(C)Oc1c(OC(C)CCC)c(OC(C)=O)c2c(Cl)cccc2c1OC(C)=O. The first-order valence-electron chi connectivity index (χ1n) is 10.7. The Labute approximate surface area is 188 Å². The van der Waals surface area contributed by atoms with Crippen LogP contribution in [0.15, 0.2) is 18.2 Å². The third-order valence-corrected chi connectivity index (χ3v) is 4.94. The Hall–Kier alpha value is -2.47. The van der Waals surface area contributed by atoms with Gasteiger partial charge in [-0.25, -0.2) is 0 Å². The molecule has 7 heteroatoms. The van der Waals surface area contributed by atoms with Gasteiger partial charge >= 0.3 is 11.9 Å². The fourth-order valence-corrected chi connectivity index (χ4v) is 3.68. The van der Waals surface area contributed by atoms with Gasteiger partial charge in [-0.2, -0.15) is 0 Å². The Balaban J connectivity index is 2.91. The van der Waals surface area contributed by atoms with Crippen LogP contribution in [0.25, 0.3) is 10.8 Å². The highest BCUT2D eigenvalue weighted by Gasteiger charge is 2.30. The van der Waals surface area contributed by atoms with Gasteiger partial charge in [-0.15, -0.1) is 0 Å². The molecular weight excluding hydrogens is 420 g/mol. The van der Waals surface area contributed by atoms with Crippen LogP contribution in [0, 0.1) is 0 Å². The van der Waals surface area contributed by atoms with Gasteiger partial charge in [-0.05, 0) is 32.8 Å². The fraction of sp³-hybridized carbons (Fsp3) is 0.500. The van der Waals surface area contributed by atoms with Gasteiger partial charge < -0.3 is 18.9 Å². The number of esters is 2. The molecule has 2 atom stereocenters. The van der Waals surface area contributed by atoms with Crippen molar-refractivity contribution in [1.82, 2.24) is 0 Å². The topological polar surface area (TPSA) is 71.1 Å². The molecule has 31 heavy (non-hydrogen) atoms. The van der Waals surface area contributed by atoms with Gasteiger partial charge in [-0.3, -0.25) is 9.59 Å². The van der Waals surface area contributed by atoms with E-state index < -0.39 is 11.9 Å². The van der Waals surface area contributed by atoms with Crippen LogP contribution in [0.1, 0.15) is 67.2 Å². The molecule has 0 aliphatic carbocycles. The molecule has 0 radical (unpaired) electrons. The van der Waals surface area contributed by atoms with Crippen molar-refractivity contribution in [1.29, 1.82) is 0 Å². The van der Waals surface area contributed by atoms with Gasteiger partial charge in [0, 0.05) is 19.2 Å². The maximum Gasteiger partial charge on any atom is 0.308 e. The molecule has 170 valence electrons. The predicted octanol–water partition coefficient (Wildman–Crippen LogP) is 6.48. The Morgan fingerprint density at radius 1 is 0.839 bits per heavy atom. The van der Waals surface area contributed by atoms with Crippen LogP contribution in [0.5, 0.6) is 23.0 Å². The van der Waals surface area contributed by atoms with Gasteiger partial charge in [0.05, 0.1) is 22.6 Å². The second kappa shape index (κ2) is 11.2. The molecular formula is C24H31ClO6. The molecule has 2 rings (SSSR count). The van der Waals surface area contributed by atoms with Crippen LogP contribution < -0.4 is 18.9 Å². The molecule has 0 aromatic heterocycles. The monoisotopic (exact) mass is 450 g/mol. The van der Waals surface area contributed by atoms with E-state index in [1.54, 1.807) is 18.2 Å². The third-order valence-electron chi connectivity index (χ3n) is 4.62. The van der Waals surface area contributed by atoms with Crippen LogP contribution in [0.4, 0.5) is 0 Å². The Bertz CT molecular complexity index is 940. The maximum atomic E-state index is 12.0. The van der Waals surface area contributed by atoms with Crippen molar-refractivity contribution in [3.63, 3.8) is 0 Å². The molecule has 6 nitrogen and oxygen atoms in total. The van der Waals surface area contributed by atoms with Crippen molar-refractivity contribution >= 4 is 34.3 Å². The Kier molecular flexibility index (Phi) is 8.99. The smallest absolute Gasteiger partial charge is 0.308 e. The number of halogens is 1.